The quantitative estimate of drug-likeness (QED) is 0.635. The van der Waals surface area contributed by atoms with E-state index in [1.165, 1.54) is 0 Å². The van der Waals surface area contributed by atoms with Gasteiger partial charge in [-0.1, -0.05) is 30.5 Å². The van der Waals surface area contributed by atoms with Crippen LogP contribution in [0.3, 0.4) is 0 Å². The summed E-state index contributed by atoms with van der Waals surface area (Å²) in [6.45, 7) is 0. The summed E-state index contributed by atoms with van der Waals surface area (Å²) in [7, 11) is 3.44. The molecule has 172 valence electrons. The molecule has 2 aromatic carbocycles. The highest BCUT2D eigenvalue weighted by atomic mass is 35.5. The molecule has 33 heavy (non-hydrogen) atoms. The van der Waals surface area contributed by atoms with Crippen LogP contribution in [0.4, 0.5) is 5.69 Å². The van der Waals surface area contributed by atoms with Crippen molar-refractivity contribution in [2.24, 2.45) is 20.0 Å². The van der Waals surface area contributed by atoms with Crippen LogP contribution in [0.5, 0.6) is 0 Å². The van der Waals surface area contributed by atoms with Gasteiger partial charge in [-0.05, 0) is 61.6 Å². The van der Waals surface area contributed by atoms with Gasteiger partial charge >= 0.3 is 5.69 Å². The Morgan fingerprint density at radius 3 is 2.55 bits per heavy atom. The molecule has 2 aliphatic rings. The van der Waals surface area contributed by atoms with Crippen molar-refractivity contribution in [1.82, 2.24) is 14.0 Å². The minimum absolute atomic E-state index is 0.0680. The number of nitrogens with zero attached hydrogens (tertiary/aromatic N) is 3. The van der Waals surface area contributed by atoms with Crippen molar-refractivity contribution >= 4 is 40.1 Å². The Labute approximate surface area is 196 Å². The Balaban J connectivity index is 1.45. The summed E-state index contributed by atoms with van der Waals surface area (Å²) in [5.41, 5.74) is 2.54. The number of amides is 2. The van der Waals surface area contributed by atoms with E-state index in [-0.39, 0.29) is 23.5 Å². The zero-order valence-electron chi connectivity index (χ0n) is 18.8. The second-order valence-corrected chi connectivity index (χ2v) is 9.62. The first-order valence-electron chi connectivity index (χ1n) is 11.4. The van der Waals surface area contributed by atoms with Gasteiger partial charge in [0.25, 0.3) is 5.91 Å². The van der Waals surface area contributed by atoms with Crippen LogP contribution in [0.25, 0.3) is 11.0 Å². The Bertz CT molecular complexity index is 1310. The lowest BCUT2D eigenvalue weighted by Crippen LogP contribution is -2.47. The number of rotatable bonds is 3. The van der Waals surface area contributed by atoms with E-state index in [0.717, 1.165) is 36.7 Å². The van der Waals surface area contributed by atoms with Gasteiger partial charge in [0.05, 0.1) is 11.0 Å². The molecule has 7 nitrogen and oxygen atoms in total. The number of carbonyl (C=O) groups excluding carboxylic acids is 2. The van der Waals surface area contributed by atoms with Gasteiger partial charge in [0, 0.05) is 36.4 Å². The average Bonchev–Trinajstić information content (AvgIpc) is 3.30. The maximum Gasteiger partial charge on any atom is 0.328 e. The first kappa shape index (κ1) is 21.8. The molecule has 1 aliphatic heterocycles. The SMILES string of the molecule is Cn1c(=O)n(C)c2cc(NC(=O)C3CC4CCCCC4N3C(=O)c3cccc(Cl)c3)ccc21. The highest BCUT2D eigenvalue weighted by Crippen LogP contribution is 2.41. The monoisotopic (exact) mass is 466 g/mol. The van der Waals surface area contributed by atoms with E-state index >= 15 is 0 Å². The maximum absolute atomic E-state index is 13.5. The van der Waals surface area contributed by atoms with E-state index in [2.05, 4.69) is 5.32 Å². The Hall–Kier alpha value is -3.06. The van der Waals surface area contributed by atoms with Gasteiger partial charge < -0.3 is 10.2 Å². The number of anilines is 1. The molecule has 2 fully saturated rings. The van der Waals surface area contributed by atoms with E-state index in [0.29, 0.717) is 28.6 Å². The zero-order valence-corrected chi connectivity index (χ0v) is 19.5. The molecule has 1 aliphatic carbocycles. The normalized spacial score (nSPS) is 22.4. The van der Waals surface area contributed by atoms with Gasteiger partial charge in [-0.2, -0.15) is 0 Å². The molecule has 0 bridgehead atoms. The van der Waals surface area contributed by atoms with Gasteiger partial charge in [-0.15, -0.1) is 0 Å². The summed E-state index contributed by atoms with van der Waals surface area (Å²) in [4.78, 5) is 41.0. The smallest absolute Gasteiger partial charge is 0.324 e. The van der Waals surface area contributed by atoms with E-state index in [1.54, 1.807) is 64.5 Å². The predicted octanol–water partition coefficient (Wildman–Crippen LogP) is 3.94. The number of aryl methyl sites for hydroxylation is 2. The number of nitrogens with one attached hydrogen (secondary N) is 1. The minimum Gasteiger partial charge on any atom is -0.324 e. The van der Waals surface area contributed by atoms with Crippen LogP contribution in [0.15, 0.2) is 47.3 Å². The summed E-state index contributed by atoms with van der Waals surface area (Å²) in [6.07, 6.45) is 4.81. The van der Waals surface area contributed by atoms with Crippen LogP contribution in [-0.4, -0.2) is 37.9 Å². The lowest BCUT2D eigenvalue weighted by Gasteiger charge is -2.33. The Morgan fingerprint density at radius 2 is 1.76 bits per heavy atom. The van der Waals surface area contributed by atoms with E-state index in [1.807, 2.05) is 6.07 Å². The van der Waals surface area contributed by atoms with Crippen molar-refractivity contribution in [3.63, 3.8) is 0 Å². The first-order chi connectivity index (χ1) is 15.8. The molecule has 1 saturated heterocycles. The first-order valence-corrected chi connectivity index (χ1v) is 11.8. The van der Waals surface area contributed by atoms with Gasteiger partial charge in [-0.3, -0.25) is 18.7 Å². The number of benzene rings is 2. The fourth-order valence-electron chi connectivity index (χ4n) is 5.57. The predicted molar refractivity (Wildman–Crippen MR) is 129 cm³/mol. The number of likely N-dealkylation sites (tertiary alicyclic amines) is 1. The molecule has 0 radical (unpaired) electrons. The third kappa shape index (κ3) is 3.74. The molecule has 1 saturated carbocycles. The number of aromatic nitrogens is 2. The van der Waals surface area contributed by atoms with Gasteiger partial charge in [0.2, 0.25) is 5.91 Å². The average molecular weight is 467 g/mol. The molecule has 8 heteroatoms. The maximum atomic E-state index is 13.5. The van der Waals surface area contributed by atoms with Gasteiger partial charge in [-0.25, -0.2) is 4.79 Å². The molecule has 2 heterocycles. The van der Waals surface area contributed by atoms with Crippen LogP contribution >= 0.6 is 11.6 Å². The zero-order chi connectivity index (χ0) is 23.3. The summed E-state index contributed by atoms with van der Waals surface area (Å²) in [6, 6.07) is 11.9. The highest BCUT2D eigenvalue weighted by molar-refractivity contribution is 6.31. The lowest BCUT2D eigenvalue weighted by molar-refractivity contribution is -0.120. The Kier molecular flexibility index (Phi) is 5.52. The molecule has 5 rings (SSSR count). The molecule has 2 amide bonds. The summed E-state index contributed by atoms with van der Waals surface area (Å²) in [5.74, 6) is -0.0110. The van der Waals surface area contributed by atoms with Crippen molar-refractivity contribution < 1.29 is 9.59 Å². The van der Waals surface area contributed by atoms with Crippen molar-refractivity contribution in [3.05, 3.63) is 63.5 Å². The number of fused-ring (bicyclic) bond motifs is 2. The number of hydrogen-bond donors (Lipinski definition) is 1. The molecule has 1 aromatic heterocycles. The van der Waals surface area contributed by atoms with Crippen molar-refractivity contribution in [2.45, 2.75) is 44.2 Å². The molecular formula is C25H27ClN4O3. The molecular weight excluding hydrogens is 440 g/mol. The second-order valence-electron chi connectivity index (χ2n) is 9.18. The van der Waals surface area contributed by atoms with Crippen LogP contribution in [-0.2, 0) is 18.9 Å². The standard InChI is InChI=1S/C25H27ClN4O3/c1-28-20-11-10-18(14-21(20)29(2)25(28)33)27-23(31)22-13-15-6-3-4-9-19(15)30(22)24(32)16-7-5-8-17(26)12-16/h5,7-8,10-12,14-15,19,22H,3-4,6,9,13H2,1-2H3,(H,27,31). The minimum atomic E-state index is -0.542. The molecule has 3 aromatic rings. The van der Waals surface area contributed by atoms with E-state index < -0.39 is 6.04 Å². The fourth-order valence-corrected chi connectivity index (χ4v) is 5.76. The van der Waals surface area contributed by atoms with Gasteiger partial charge in [0.15, 0.2) is 0 Å². The third-order valence-electron chi connectivity index (χ3n) is 7.24. The number of imidazole rings is 1. The third-order valence-corrected chi connectivity index (χ3v) is 7.47. The van der Waals surface area contributed by atoms with Crippen LogP contribution < -0.4 is 11.0 Å². The number of carbonyl (C=O) groups is 2. The van der Waals surface area contributed by atoms with E-state index in [4.69, 9.17) is 11.6 Å². The lowest BCUT2D eigenvalue weighted by atomic mass is 9.84. The van der Waals surface area contributed by atoms with Crippen molar-refractivity contribution in [2.75, 3.05) is 5.32 Å². The molecule has 3 atom stereocenters. The Morgan fingerprint density at radius 1 is 1.00 bits per heavy atom. The van der Waals surface area contributed by atoms with Crippen LogP contribution in [0, 0.1) is 5.92 Å². The van der Waals surface area contributed by atoms with E-state index in [9.17, 15) is 14.4 Å². The fraction of sp³-hybridized carbons (Fsp3) is 0.400. The molecule has 1 N–H and O–H groups in total. The number of halogens is 1. The van der Waals surface area contributed by atoms with Crippen LogP contribution in [0.2, 0.25) is 5.02 Å². The molecule has 0 spiro atoms. The summed E-state index contributed by atoms with van der Waals surface area (Å²) < 4.78 is 3.14. The topological polar surface area (TPSA) is 76.3 Å². The number of hydrogen-bond acceptors (Lipinski definition) is 3. The summed E-state index contributed by atoms with van der Waals surface area (Å²) in [5, 5.41) is 3.51. The largest absolute Gasteiger partial charge is 0.328 e. The highest BCUT2D eigenvalue weighted by Gasteiger charge is 2.47. The van der Waals surface area contributed by atoms with Gasteiger partial charge in [0.1, 0.15) is 6.04 Å². The summed E-state index contributed by atoms with van der Waals surface area (Å²) >= 11 is 6.14. The van der Waals surface area contributed by atoms with Crippen LogP contribution in [0.1, 0.15) is 42.5 Å². The van der Waals surface area contributed by atoms with Crippen molar-refractivity contribution in [1.29, 1.82) is 0 Å². The molecule has 3 unspecified atom stereocenters. The second kappa shape index (κ2) is 8.37. The van der Waals surface area contributed by atoms with Crippen molar-refractivity contribution in [3.8, 4) is 0 Å².